The van der Waals surface area contributed by atoms with Crippen LogP contribution >= 0.6 is 0 Å². The molecule has 0 aromatic rings. The Bertz CT molecular complexity index is 659. The zero-order valence-electron chi connectivity index (χ0n) is 14.0. The molecule has 1 saturated heterocycles. The Morgan fingerprint density at radius 3 is 1.88 bits per heavy atom. The summed E-state index contributed by atoms with van der Waals surface area (Å²) in [6.45, 7) is 1.33. The molecule has 1 heterocycles. The molecule has 0 bridgehead atoms. The number of carbonyl (C=O) groups excluding carboxylic acids is 1. The highest BCUT2D eigenvalue weighted by Gasteiger charge is 2.94. The summed E-state index contributed by atoms with van der Waals surface area (Å²) in [5.74, 6) is -4.18. The Labute approximate surface area is 146 Å². The Balaban J connectivity index is 1.94. The fourth-order valence-electron chi connectivity index (χ4n) is 3.92. The maximum atomic E-state index is 12.0. The van der Waals surface area contributed by atoms with E-state index in [4.69, 9.17) is 4.84 Å². The third-order valence-corrected chi connectivity index (χ3v) is 5.72. The summed E-state index contributed by atoms with van der Waals surface area (Å²) < 4.78 is 4.69. The van der Waals surface area contributed by atoms with Crippen molar-refractivity contribution in [2.45, 2.75) is 68.4 Å². The number of nitro groups is 3. The maximum Gasteiger partial charge on any atom is 0.574 e. The molecule has 2 unspecified atom stereocenters. The summed E-state index contributed by atoms with van der Waals surface area (Å²) in [6.07, 6.45) is 2.13. The van der Waals surface area contributed by atoms with Gasteiger partial charge in [0.15, 0.2) is 5.60 Å². The van der Waals surface area contributed by atoms with E-state index in [1.54, 1.807) is 0 Å². The lowest BCUT2D eigenvalue weighted by Gasteiger charge is -2.52. The zero-order chi connectivity index (χ0) is 19.3. The first kappa shape index (κ1) is 18.4. The van der Waals surface area contributed by atoms with Gasteiger partial charge in [0.2, 0.25) is 0 Å². The molecule has 13 heteroatoms. The molecule has 0 N–H and O–H groups in total. The lowest BCUT2D eigenvalue weighted by atomic mass is 9.57. The quantitative estimate of drug-likeness (QED) is 0.192. The number of nitrogens with zero attached hydrogens (tertiary/aromatic N) is 4. The predicted molar refractivity (Wildman–Crippen MR) is 80.2 cm³/mol. The molecule has 2 saturated carbocycles. The van der Waals surface area contributed by atoms with Crippen LogP contribution in [0.1, 0.15) is 45.4 Å². The summed E-state index contributed by atoms with van der Waals surface area (Å²) in [7, 11) is 0. The minimum atomic E-state index is -3.02. The molecule has 0 aromatic carbocycles. The molecular weight excluding hydrogens is 356 g/mol. The highest BCUT2D eigenvalue weighted by molar-refractivity contribution is 5.80. The van der Waals surface area contributed by atoms with Crippen molar-refractivity contribution in [2.24, 2.45) is 0 Å². The minimum Gasteiger partial charge on any atom is -0.464 e. The molecule has 0 radical (unpaired) electrons. The number of esters is 1. The van der Waals surface area contributed by atoms with Gasteiger partial charge in [-0.2, -0.15) is 0 Å². The lowest BCUT2D eigenvalue weighted by Crippen LogP contribution is -2.68. The fraction of sp³-hybridized carbons (Fsp3) is 0.923. The number of ether oxygens (including phenoxy) is 1. The standard InChI is InChI=1S/C13H18N4O9/c1-2-25-10(18)9-13(16(21)22,17(23)24)14(9)26-12(7-4-8-12)11(15(19)20)5-3-6-11/h9H,2-8H2,1H3. The highest BCUT2D eigenvalue weighted by Crippen LogP contribution is 2.58. The SMILES string of the molecule is CCOC(=O)C1N(OC2(C3([N+](=O)[O-])CCC3)CCC2)C1([N+](=O)[O-])[N+](=O)[O-]. The van der Waals surface area contributed by atoms with Crippen molar-refractivity contribution in [1.29, 1.82) is 0 Å². The molecule has 0 aromatic heterocycles. The number of carbonyl (C=O) groups is 1. The Kier molecular flexibility index (Phi) is 4.10. The molecule has 0 amide bonds. The molecule has 3 rings (SSSR count). The van der Waals surface area contributed by atoms with Gasteiger partial charge in [-0.3, -0.25) is 35.2 Å². The first-order valence-corrected chi connectivity index (χ1v) is 8.28. The number of hydrogen-bond donors (Lipinski definition) is 0. The Hall–Kier alpha value is -2.41. The first-order valence-electron chi connectivity index (χ1n) is 8.28. The zero-order valence-corrected chi connectivity index (χ0v) is 14.0. The molecule has 0 spiro atoms. The van der Waals surface area contributed by atoms with E-state index < -0.39 is 43.7 Å². The molecule has 144 valence electrons. The second-order valence-corrected chi connectivity index (χ2v) is 6.76. The average Bonchev–Trinajstić information content (AvgIpc) is 3.12. The smallest absolute Gasteiger partial charge is 0.464 e. The molecule has 1 aliphatic heterocycles. The van der Waals surface area contributed by atoms with Crippen LogP contribution in [-0.4, -0.2) is 55.4 Å². The van der Waals surface area contributed by atoms with Gasteiger partial charge in [0.1, 0.15) is 9.85 Å². The van der Waals surface area contributed by atoms with E-state index >= 15 is 0 Å². The summed E-state index contributed by atoms with van der Waals surface area (Å²) in [4.78, 5) is 49.2. The molecule has 3 aliphatic rings. The monoisotopic (exact) mass is 374 g/mol. The van der Waals surface area contributed by atoms with Crippen molar-refractivity contribution in [3.8, 4) is 0 Å². The number of rotatable bonds is 8. The normalized spacial score (nSPS) is 29.6. The topological polar surface area (TPSA) is 168 Å². The number of hydroxylamine groups is 2. The largest absolute Gasteiger partial charge is 0.574 e. The fourth-order valence-corrected chi connectivity index (χ4v) is 3.92. The van der Waals surface area contributed by atoms with Gasteiger partial charge in [0.25, 0.3) is 5.54 Å². The predicted octanol–water partition coefficient (Wildman–Crippen LogP) is 0.495. The van der Waals surface area contributed by atoms with Gasteiger partial charge in [-0.15, -0.1) is 0 Å². The lowest BCUT2D eigenvalue weighted by molar-refractivity contribution is -0.787. The molecule has 3 fully saturated rings. The highest BCUT2D eigenvalue weighted by atomic mass is 16.8. The van der Waals surface area contributed by atoms with E-state index in [1.165, 1.54) is 6.92 Å². The van der Waals surface area contributed by atoms with Gasteiger partial charge < -0.3 is 4.74 Å². The van der Waals surface area contributed by atoms with Crippen LogP contribution in [-0.2, 0) is 14.4 Å². The van der Waals surface area contributed by atoms with Crippen LogP contribution in [0.4, 0.5) is 0 Å². The minimum absolute atomic E-state index is 0.126. The van der Waals surface area contributed by atoms with Gasteiger partial charge in [0, 0.05) is 17.8 Å². The van der Waals surface area contributed by atoms with E-state index in [-0.39, 0.29) is 32.3 Å². The molecule has 2 atom stereocenters. The third-order valence-electron chi connectivity index (χ3n) is 5.72. The summed E-state index contributed by atoms with van der Waals surface area (Å²) >= 11 is 0. The Morgan fingerprint density at radius 2 is 1.58 bits per heavy atom. The second-order valence-electron chi connectivity index (χ2n) is 6.76. The van der Waals surface area contributed by atoms with Crippen molar-refractivity contribution < 1.29 is 29.1 Å². The van der Waals surface area contributed by atoms with E-state index in [0.29, 0.717) is 17.9 Å². The van der Waals surface area contributed by atoms with Gasteiger partial charge in [-0.25, -0.2) is 4.79 Å². The average molecular weight is 374 g/mol. The van der Waals surface area contributed by atoms with E-state index in [9.17, 15) is 35.1 Å². The van der Waals surface area contributed by atoms with Crippen molar-refractivity contribution >= 4 is 5.97 Å². The molecule has 2 aliphatic carbocycles. The number of hydrogen-bond acceptors (Lipinski definition) is 10. The summed E-state index contributed by atoms with van der Waals surface area (Å²) in [6, 6.07) is -1.88. The van der Waals surface area contributed by atoms with Gasteiger partial charge in [-0.1, -0.05) is 0 Å². The first-order chi connectivity index (χ1) is 12.2. The van der Waals surface area contributed by atoms with Crippen molar-refractivity contribution in [2.75, 3.05) is 6.61 Å². The summed E-state index contributed by atoms with van der Waals surface area (Å²) in [5, 5.41) is 34.8. The van der Waals surface area contributed by atoms with Gasteiger partial charge in [0.05, 0.1) is 6.61 Å². The van der Waals surface area contributed by atoms with Crippen LogP contribution in [0.2, 0.25) is 0 Å². The molecular formula is C13H18N4O9. The van der Waals surface area contributed by atoms with Crippen LogP contribution in [0.25, 0.3) is 0 Å². The second kappa shape index (κ2) is 5.81. The van der Waals surface area contributed by atoms with Crippen LogP contribution in [0.5, 0.6) is 0 Å². The third kappa shape index (κ3) is 2.06. The van der Waals surface area contributed by atoms with E-state index in [2.05, 4.69) is 4.74 Å². The van der Waals surface area contributed by atoms with Crippen molar-refractivity contribution in [3.05, 3.63) is 30.3 Å². The van der Waals surface area contributed by atoms with E-state index in [1.807, 2.05) is 0 Å². The Morgan fingerprint density at radius 1 is 1.04 bits per heavy atom. The van der Waals surface area contributed by atoms with Crippen LogP contribution in [0, 0.1) is 30.3 Å². The summed E-state index contributed by atoms with van der Waals surface area (Å²) in [5.41, 5.74) is -2.82. The van der Waals surface area contributed by atoms with Crippen molar-refractivity contribution in [3.63, 3.8) is 0 Å². The maximum absolute atomic E-state index is 12.0. The molecule has 13 nitrogen and oxygen atoms in total. The van der Waals surface area contributed by atoms with Crippen LogP contribution < -0.4 is 0 Å². The van der Waals surface area contributed by atoms with Gasteiger partial charge >= 0.3 is 17.8 Å². The van der Waals surface area contributed by atoms with Crippen LogP contribution in [0.3, 0.4) is 0 Å². The van der Waals surface area contributed by atoms with E-state index in [0.717, 1.165) is 0 Å². The molecule has 26 heavy (non-hydrogen) atoms. The van der Waals surface area contributed by atoms with Crippen molar-refractivity contribution in [1.82, 2.24) is 5.06 Å². The van der Waals surface area contributed by atoms with Gasteiger partial charge in [-0.05, 0) is 37.7 Å². The van der Waals surface area contributed by atoms with Crippen LogP contribution in [0.15, 0.2) is 0 Å².